The fourth-order valence-corrected chi connectivity index (χ4v) is 2.84. The van der Waals surface area contributed by atoms with Crippen molar-refractivity contribution < 1.29 is 23.0 Å². The standard InChI is InChI=1S/C15H17F2N3O3S/c1-4-20-14(18-19-15(20)24-8-13(21)22-3)9(2)23-12-6-5-10(16)7-11(12)17/h5-7,9H,4,8H2,1-3H3. The summed E-state index contributed by atoms with van der Waals surface area (Å²) < 4.78 is 38.5. The van der Waals surface area contributed by atoms with Crippen LogP contribution >= 0.6 is 11.8 Å². The van der Waals surface area contributed by atoms with E-state index in [2.05, 4.69) is 14.9 Å². The Balaban J connectivity index is 2.15. The normalized spacial score (nSPS) is 12.0. The fourth-order valence-electron chi connectivity index (χ4n) is 2.00. The van der Waals surface area contributed by atoms with Crippen LogP contribution in [-0.2, 0) is 16.1 Å². The molecule has 1 unspecified atom stereocenters. The lowest BCUT2D eigenvalue weighted by molar-refractivity contribution is -0.137. The van der Waals surface area contributed by atoms with Gasteiger partial charge in [0.05, 0.1) is 12.9 Å². The lowest BCUT2D eigenvalue weighted by atomic mass is 10.3. The Morgan fingerprint density at radius 2 is 2.12 bits per heavy atom. The van der Waals surface area contributed by atoms with Gasteiger partial charge in [-0.3, -0.25) is 4.79 Å². The highest BCUT2D eigenvalue weighted by Gasteiger charge is 2.20. The van der Waals surface area contributed by atoms with Crippen LogP contribution in [0.4, 0.5) is 8.78 Å². The summed E-state index contributed by atoms with van der Waals surface area (Å²) in [6.07, 6.45) is -0.607. The average molecular weight is 357 g/mol. The number of rotatable bonds is 7. The van der Waals surface area contributed by atoms with Gasteiger partial charge < -0.3 is 14.0 Å². The second-order valence-electron chi connectivity index (χ2n) is 4.78. The quantitative estimate of drug-likeness (QED) is 0.561. The average Bonchev–Trinajstić information content (AvgIpc) is 2.98. The minimum atomic E-state index is -0.787. The summed E-state index contributed by atoms with van der Waals surface area (Å²) in [7, 11) is 1.31. The van der Waals surface area contributed by atoms with Gasteiger partial charge in [0.15, 0.2) is 28.7 Å². The fraction of sp³-hybridized carbons (Fsp3) is 0.400. The Labute approximate surface area is 142 Å². The van der Waals surface area contributed by atoms with E-state index < -0.39 is 17.7 Å². The largest absolute Gasteiger partial charge is 0.480 e. The van der Waals surface area contributed by atoms with E-state index in [9.17, 15) is 13.6 Å². The Kier molecular flexibility index (Phi) is 6.13. The lowest BCUT2D eigenvalue weighted by Crippen LogP contribution is -2.13. The van der Waals surface area contributed by atoms with E-state index in [0.29, 0.717) is 17.5 Å². The molecule has 0 amide bonds. The van der Waals surface area contributed by atoms with Crippen LogP contribution in [0, 0.1) is 11.6 Å². The highest BCUT2D eigenvalue weighted by Crippen LogP contribution is 2.26. The van der Waals surface area contributed by atoms with Crippen LogP contribution in [0.1, 0.15) is 25.8 Å². The molecule has 0 fully saturated rings. The molecule has 2 aromatic rings. The molecule has 24 heavy (non-hydrogen) atoms. The van der Waals surface area contributed by atoms with Crippen LogP contribution in [-0.4, -0.2) is 33.6 Å². The molecule has 130 valence electrons. The van der Waals surface area contributed by atoms with Crippen molar-refractivity contribution >= 4 is 17.7 Å². The number of carbonyl (C=O) groups is 1. The van der Waals surface area contributed by atoms with Gasteiger partial charge in [0.25, 0.3) is 0 Å². The van der Waals surface area contributed by atoms with Gasteiger partial charge in [-0.2, -0.15) is 0 Å². The van der Waals surface area contributed by atoms with E-state index >= 15 is 0 Å². The molecule has 0 aliphatic heterocycles. The number of methoxy groups -OCH3 is 1. The number of hydrogen-bond donors (Lipinski definition) is 0. The molecule has 0 aliphatic rings. The molecule has 1 aromatic carbocycles. The zero-order valence-corrected chi connectivity index (χ0v) is 14.3. The molecule has 6 nitrogen and oxygen atoms in total. The summed E-state index contributed by atoms with van der Waals surface area (Å²) in [4.78, 5) is 11.2. The molecular weight excluding hydrogens is 340 g/mol. The second-order valence-corrected chi connectivity index (χ2v) is 5.73. The second kappa shape index (κ2) is 8.09. The Hall–Kier alpha value is -2.16. The van der Waals surface area contributed by atoms with E-state index in [1.54, 1.807) is 11.5 Å². The number of nitrogens with zero attached hydrogens (tertiary/aromatic N) is 3. The molecule has 0 bridgehead atoms. The molecule has 9 heteroatoms. The van der Waals surface area contributed by atoms with Crippen LogP contribution < -0.4 is 4.74 Å². The highest BCUT2D eigenvalue weighted by molar-refractivity contribution is 7.99. The number of thioether (sulfide) groups is 1. The summed E-state index contributed by atoms with van der Waals surface area (Å²) in [5.41, 5.74) is 0. The summed E-state index contributed by atoms with van der Waals surface area (Å²) in [5, 5.41) is 8.61. The van der Waals surface area contributed by atoms with Gasteiger partial charge in [-0.25, -0.2) is 8.78 Å². The number of carbonyl (C=O) groups excluding carboxylic acids is 1. The Morgan fingerprint density at radius 1 is 1.38 bits per heavy atom. The maximum atomic E-state index is 13.7. The highest BCUT2D eigenvalue weighted by atomic mass is 32.2. The van der Waals surface area contributed by atoms with Crippen molar-refractivity contribution in [2.45, 2.75) is 31.7 Å². The first-order chi connectivity index (χ1) is 11.5. The molecule has 1 atom stereocenters. The molecule has 0 aliphatic carbocycles. The van der Waals surface area contributed by atoms with Crippen molar-refractivity contribution in [3.8, 4) is 5.75 Å². The van der Waals surface area contributed by atoms with Gasteiger partial charge in [0.2, 0.25) is 0 Å². The van der Waals surface area contributed by atoms with Crippen molar-refractivity contribution in [3.05, 3.63) is 35.7 Å². The Morgan fingerprint density at radius 3 is 2.75 bits per heavy atom. The molecular formula is C15H17F2N3O3S. The minimum absolute atomic E-state index is 0.0710. The van der Waals surface area contributed by atoms with Gasteiger partial charge in [-0.1, -0.05) is 11.8 Å². The third kappa shape index (κ3) is 4.22. The van der Waals surface area contributed by atoms with Crippen LogP contribution in [0.2, 0.25) is 0 Å². The minimum Gasteiger partial charge on any atom is -0.480 e. The number of aromatic nitrogens is 3. The van der Waals surface area contributed by atoms with Crippen molar-refractivity contribution in [2.24, 2.45) is 0 Å². The van der Waals surface area contributed by atoms with Gasteiger partial charge in [0, 0.05) is 12.6 Å². The molecule has 0 N–H and O–H groups in total. The monoisotopic (exact) mass is 357 g/mol. The van der Waals surface area contributed by atoms with E-state index in [0.717, 1.165) is 12.1 Å². The predicted molar refractivity (Wildman–Crippen MR) is 83.8 cm³/mol. The summed E-state index contributed by atoms with van der Waals surface area (Å²) in [6.45, 7) is 4.12. The zero-order chi connectivity index (χ0) is 17.7. The maximum absolute atomic E-state index is 13.7. The lowest BCUT2D eigenvalue weighted by Gasteiger charge is -2.16. The van der Waals surface area contributed by atoms with E-state index in [1.807, 2.05) is 6.92 Å². The van der Waals surface area contributed by atoms with Crippen molar-refractivity contribution in [2.75, 3.05) is 12.9 Å². The maximum Gasteiger partial charge on any atom is 0.316 e. The smallest absolute Gasteiger partial charge is 0.316 e. The molecule has 2 rings (SSSR count). The first kappa shape index (κ1) is 18.2. The van der Waals surface area contributed by atoms with Crippen LogP contribution in [0.5, 0.6) is 5.75 Å². The molecule has 0 radical (unpaired) electrons. The van der Waals surface area contributed by atoms with Crippen LogP contribution in [0.25, 0.3) is 0 Å². The van der Waals surface area contributed by atoms with E-state index in [4.69, 9.17) is 4.74 Å². The molecule has 1 heterocycles. The zero-order valence-electron chi connectivity index (χ0n) is 13.5. The summed E-state index contributed by atoms with van der Waals surface area (Å²) >= 11 is 1.19. The number of ether oxygens (including phenoxy) is 2. The number of hydrogen-bond acceptors (Lipinski definition) is 6. The van der Waals surface area contributed by atoms with Gasteiger partial charge in [-0.05, 0) is 26.0 Å². The van der Waals surface area contributed by atoms with E-state index in [-0.39, 0.29) is 17.5 Å². The van der Waals surface area contributed by atoms with Crippen molar-refractivity contribution in [3.63, 3.8) is 0 Å². The summed E-state index contributed by atoms with van der Waals surface area (Å²) in [6, 6.07) is 3.10. The summed E-state index contributed by atoms with van der Waals surface area (Å²) in [5.74, 6) is -1.32. The number of esters is 1. The molecule has 0 saturated heterocycles. The van der Waals surface area contributed by atoms with Gasteiger partial charge >= 0.3 is 5.97 Å². The number of benzene rings is 1. The van der Waals surface area contributed by atoms with Gasteiger partial charge in [-0.15, -0.1) is 10.2 Å². The third-order valence-corrected chi connectivity index (χ3v) is 4.11. The molecule has 0 spiro atoms. The molecule has 1 aromatic heterocycles. The topological polar surface area (TPSA) is 66.2 Å². The first-order valence-corrected chi connectivity index (χ1v) is 8.19. The Bertz CT molecular complexity index is 724. The SMILES string of the molecule is CCn1c(SCC(=O)OC)nnc1C(C)Oc1ccc(F)cc1F. The molecule has 0 saturated carbocycles. The van der Waals surface area contributed by atoms with Crippen LogP contribution in [0.15, 0.2) is 23.4 Å². The number of halogens is 2. The van der Waals surface area contributed by atoms with Crippen LogP contribution in [0.3, 0.4) is 0 Å². The van der Waals surface area contributed by atoms with E-state index in [1.165, 1.54) is 24.9 Å². The predicted octanol–water partition coefficient (Wildman–Crippen LogP) is 2.98. The first-order valence-electron chi connectivity index (χ1n) is 7.20. The van der Waals surface area contributed by atoms with Crippen molar-refractivity contribution in [1.29, 1.82) is 0 Å². The van der Waals surface area contributed by atoms with Gasteiger partial charge in [0.1, 0.15) is 5.82 Å². The van der Waals surface area contributed by atoms with Crippen molar-refractivity contribution in [1.82, 2.24) is 14.8 Å². The third-order valence-electron chi connectivity index (χ3n) is 3.17.